The maximum absolute atomic E-state index is 13.6. The summed E-state index contributed by atoms with van der Waals surface area (Å²) in [4.78, 5) is 19.3. The highest BCUT2D eigenvalue weighted by Gasteiger charge is 2.19. The van der Waals surface area contributed by atoms with Crippen LogP contribution in [0.15, 0.2) is 36.8 Å². The maximum Gasteiger partial charge on any atom is 0.342 e. The molecule has 1 N–H and O–H groups in total. The first-order chi connectivity index (χ1) is 10.1. The van der Waals surface area contributed by atoms with Crippen molar-refractivity contribution >= 4 is 17.0 Å². The second-order valence-electron chi connectivity index (χ2n) is 4.36. The number of hydrogen-bond acceptors (Lipinski definition) is 4. The molecule has 3 rings (SSSR count). The molecule has 0 aliphatic heterocycles. The van der Waals surface area contributed by atoms with Gasteiger partial charge in [-0.2, -0.15) is 0 Å². The van der Waals surface area contributed by atoms with Gasteiger partial charge in [0.05, 0.1) is 11.8 Å². The fraction of sp³-hybridized carbons (Fsp3) is 0.0714. The van der Waals surface area contributed by atoms with Crippen molar-refractivity contribution in [2.24, 2.45) is 7.05 Å². The third-order valence-corrected chi connectivity index (χ3v) is 3.01. The predicted octanol–water partition coefficient (Wildman–Crippen LogP) is 2.60. The Hall–Kier alpha value is -2.96. The molecule has 3 aromatic rings. The van der Waals surface area contributed by atoms with Gasteiger partial charge in [-0.1, -0.05) is 6.07 Å². The van der Waals surface area contributed by atoms with Gasteiger partial charge in [-0.3, -0.25) is 0 Å². The zero-order valence-electron chi connectivity index (χ0n) is 10.9. The Balaban J connectivity index is 2.11. The smallest absolute Gasteiger partial charge is 0.342 e. The van der Waals surface area contributed by atoms with Gasteiger partial charge in [0.25, 0.3) is 0 Å². The minimum atomic E-state index is -1.41. The number of carboxylic acids is 1. The van der Waals surface area contributed by atoms with Crippen molar-refractivity contribution in [3.8, 4) is 11.6 Å². The highest BCUT2D eigenvalue weighted by atomic mass is 19.1. The number of aromatic nitrogens is 3. The summed E-state index contributed by atoms with van der Waals surface area (Å²) in [5, 5.41) is 9.08. The van der Waals surface area contributed by atoms with Crippen LogP contribution in [0.2, 0.25) is 0 Å². The number of pyridine rings is 1. The summed E-state index contributed by atoms with van der Waals surface area (Å²) < 4.78 is 20.9. The first kappa shape index (κ1) is 13.0. The maximum atomic E-state index is 13.6. The number of carboxylic acid groups (broad SMARTS) is 1. The van der Waals surface area contributed by atoms with Crippen LogP contribution in [0.3, 0.4) is 0 Å². The summed E-state index contributed by atoms with van der Waals surface area (Å²) in [6.45, 7) is 0. The van der Waals surface area contributed by atoms with Gasteiger partial charge >= 0.3 is 5.97 Å². The number of halogens is 1. The van der Waals surface area contributed by atoms with Crippen LogP contribution in [-0.4, -0.2) is 25.6 Å². The molecule has 106 valence electrons. The lowest BCUT2D eigenvalue weighted by Crippen LogP contribution is -2.04. The van der Waals surface area contributed by atoms with E-state index < -0.39 is 17.3 Å². The van der Waals surface area contributed by atoms with Gasteiger partial charge < -0.3 is 14.4 Å². The lowest BCUT2D eigenvalue weighted by atomic mass is 10.2. The standard InChI is InChI=1S/C14H10FN3O3/c1-18-7-17-12-9(18)5-6-16-13(12)21-10-4-2-3-8(15)11(10)14(19)20/h2-7H,1H3,(H,19,20). The number of imidazole rings is 1. The van der Waals surface area contributed by atoms with E-state index in [2.05, 4.69) is 9.97 Å². The Morgan fingerprint density at radius 3 is 2.90 bits per heavy atom. The Bertz CT molecular complexity index is 845. The van der Waals surface area contributed by atoms with E-state index in [1.165, 1.54) is 18.3 Å². The van der Waals surface area contributed by atoms with Gasteiger partial charge in [0.15, 0.2) is 5.52 Å². The lowest BCUT2D eigenvalue weighted by Gasteiger charge is -2.08. The van der Waals surface area contributed by atoms with Crippen LogP contribution in [0.1, 0.15) is 10.4 Å². The third-order valence-electron chi connectivity index (χ3n) is 3.01. The number of fused-ring (bicyclic) bond motifs is 1. The average Bonchev–Trinajstić information content (AvgIpc) is 2.81. The van der Waals surface area contributed by atoms with E-state index in [9.17, 15) is 9.18 Å². The molecule has 2 heterocycles. The molecule has 0 radical (unpaired) electrons. The quantitative estimate of drug-likeness (QED) is 0.801. The average molecular weight is 287 g/mol. The van der Waals surface area contributed by atoms with Gasteiger partial charge in [0.2, 0.25) is 5.88 Å². The van der Waals surface area contributed by atoms with Gasteiger partial charge in [-0.25, -0.2) is 19.2 Å². The lowest BCUT2D eigenvalue weighted by molar-refractivity contribution is 0.0689. The largest absolute Gasteiger partial charge is 0.477 e. The van der Waals surface area contributed by atoms with Crippen molar-refractivity contribution in [2.75, 3.05) is 0 Å². The number of aromatic carboxylic acids is 1. The molecule has 2 aromatic heterocycles. The molecule has 0 unspecified atom stereocenters. The Morgan fingerprint density at radius 1 is 1.33 bits per heavy atom. The number of benzene rings is 1. The van der Waals surface area contributed by atoms with Crippen LogP contribution in [0.25, 0.3) is 11.0 Å². The second-order valence-corrected chi connectivity index (χ2v) is 4.36. The summed E-state index contributed by atoms with van der Waals surface area (Å²) >= 11 is 0. The topological polar surface area (TPSA) is 77.2 Å². The first-order valence-electron chi connectivity index (χ1n) is 6.03. The zero-order valence-corrected chi connectivity index (χ0v) is 10.9. The summed E-state index contributed by atoms with van der Waals surface area (Å²) in [7, 11) is 1.81. The number of ether oxygens (including phenoxy) is 1. The van der Waals surface area contributed by atoms with Gasteiger partial charge in [0.1, 0.15) is 17.1 Å². The number of carbonyl (C=O) groups is 1. The molecule has 0 bridgehead atoms. The zero-order chi connectivity index (χ0) is 15.0. The molecule has 1 aromatic carbocycles. The number of nitrogens with zero attached hydrogens (tertiary/aromatic N) is 3. The molecule has 6 nitrogen and oxygen atoms in total. The van der Waals surface area contributed by atoms with Crippen molar-refractivity contribution in [2.45, 2.75) is 0 Å². The van der Waals surface area contributed by atoms with E-state index in [0.29, 0.717) is 5.52 Å². The van der Waals surface area contributed by atoms with E-state index in [0.717, 1.165) is 11.6 Å². The highest BCUT2D eigenvalue weighted by molar-refractivity contribution is 5.91. The van der Waals surface area contributed by atoms with Crippen molar-refractivity contribution in [1.29, 1.82) is 0 Å². The van der Waals surface area contributed by atoms with Crippen molar-refractivity contribution in [3.05, 3.63) is 48.2 Å². The molecule has 0 fully saturated rings. The molecule has 21 heavy (non-hydrogen) atoms. The Kier molecular flexibility index (Phi) is 3.02. The minimum absolute atomic E-state index is 0.117. The molecular weight excluding hydrogens is 277 g/mol. The molecule has 7 heteroatoms. The molecule has 0 spiro atoms. The normalized spacial score (nSPS) is 10.8. The van der Waals surface area contributed by atoms with E-state index in [1.54, 1.807) is 17.0 Å². The van der Waals surface area contributed by atoms with Crippen molar-refractivity contribution in [3.63, 3.8) is 0 Å². The Labute approximate surface area is 118 Å². The van der Waals surface area contributed by atoms with Crippen molar-refractivity contribution < 1.29 is 19.0 Å². The van der Waals surface area contributed by atoms with Gasteiger partial charge in [-0.05, 0) is 18.2 Å². The number of rotatable bonds is 3. The van der Waals surface area contributed by atoms with Gasteiger partial charge in [0, 0.05) is 13.2 Å². The minimum Gasteiger partial charge on any atom is -0.477 e. The number of hydrogen-bond donors (Lipinski definition) is 1. The number of aryl methyl sites for hydroxylation is 1. The molecule has 0 aliphatic carbocycles. The highest BCUT2D eigenvalue weighted by Crippen LogP contribution is 2.29. The van der Waals surface area contributed by atoms with Crippen LogP contribution in [-0.2, 0) is 7.05 Å². The summed E-state index contributed by atoms with van der Waals surface area (Å²) in [6, 6.07) is 5.55. The molecular formula is C14H10FN3O3. The van der Waals surface area contributed by atoms with Crippen LogP contribution in [0.4, 0.5) is 4.39 Å². The van der Waals surface area contributed by atoms with E-state index in [-0.39, 0.29) is 11.6 Å². The van der Waals surface area contributed by atoms with Gasteiger partial charge in [-0.15, -0.1) is 0 Å². The fourth-order valence-electron chi connectivity index (χ4n) is 2.01. The van der Waals surface area contributed by atoms with Crippen LogP contribution in [0.5, 0.6) is 11.6 Å². The summed E-state index contributed by atoms with van der Waals surface area (Å²) in [5.74, 6) is -2.26. The molecule has 0 saturated heterocycles. The SMILES string of the molecule is Cn1cnc2c(Oc3cccc(F)c3C(=O)O)nccc21. The predicted molar refractivity (Wildman–Crippen MR) is 71.9 cm³/mol. The van der Waals surface area contributed by atoms with Crippen LogP contribution < -0.4 is 4.74 Å². The first-order valence-corrected chi connectivity index (χ1v) is 6.03. The van der Waals surface area contributed by atoms with E-state index in [1.807, 2.05) is 7.05 Å². The molecule has 0 amide bonds. The molecule has 0 saturated carbocycles. The monoisotopic (exact) mass is 287 g/mol. The van der Waals surface area contributed by atoms with E-state index >= 15 is 0 Å². The van der Waals surface area contributed by atoms with E-state index in [4.69, 9.17) is 9.84 Å². The molecule has 0 atom stereocenters. The fourth-order valence-corrected chi connectivity index (χ4v) is 2.01. The van der Waals surface area contributed by atoms with Crippen LogP contribution >= 0.6 is 0 Å². The van der Waals surface area contributed by atoms with Crippen molar-refractivity contribution in [1.82, 2.24) is 14.5 Å². The third kappa shape index (κ3) is 2.18. The summed E-state index contributed by atoms with van der Waals surface area (Å²) in [6.07, 6.45) is 3.10. The summed E-state index contributed by atoms with van der Waals surface area (Å²) in [5.41, 5.74) is 0.709. The molecule has 0 aliphatic rings. The Morgan fingerprint density at radius 2 is 2.14 bits per heavy atom. The second kappa shape index (κ2) is 4.86. The van der Waals surface area contributed by atoms with Crippen LogP contribution in [0, 0.1) is 5.82 Å².